The van der Waals surface area contributed by atoms with Crippen LogP contribution in [0.25, 0.3) is 0 Å². The van der Waals surface area contributed by atoms with E-state index in [1.807, 2.05) is 0 Å². The van der Waals surface area contributed by atoms with E-state index in [4.69, 9.17) is 10.6 Å². The molecule has 4 N–H and O–H groups in total. The molecular weight excluding hydrogens is 158 g/mol. The maximum atomic E-state index is 11.0. The van der Waals surface area contributed by atoms with Crippen LogP contribution in [-0.4, -0.2) is 30.6 Å². The van der Waals surface area contributed by atoms with Crippen LogP contribution < -0.4 is 16.5 Å². The quantitative estimate of drug-likeness (QED) is 0.472. The molecule has 0 aromatic heterocycles. The first-order chi connectivity index (χ1) is 5.75. The summed E-state index contributed by atoms with van der Waals surface area (Å²) in [6, 6.07) is 0.535. The van der Waals surface area contributed by atoms with Crippen molar-refractivity contribution < 1.29 is 9.63 Å². The number of rotatable bonds is 2. The summed E-state index contributed by atoms with van der Waals surface area (Å²) in [5.41, 5.74) is 7.91. The highest BCUT2D eigenvalue weighted by molar-refractivity contribution is 5.82. The molecule has 1 atom stereocenters. The molecule has 1 saturated carbocycles. The molecule has 2 rings (SSSR count). The van der Waals surface area contributed by atoms with E-state index in [0.29, 0.717) is 18.7 Å². The molecule has 0 aromatic carbocycles. The second-order valence-electron chi connectivity index (χ2n) is 3.42. The topological polar surface area (TPSA) is 76.4 Å². The Morgan fingerprint density at radius 2 is 2.33 bits per heavy atom. The van der Waals surface area contributed by atoms with Gasteiger partial charge in [0.25, 0.3) is 5.91 Å². The lowest BCUT2D eigenvalue weighted by Gasteiger charge is -2.34. The minimum Gasteiger partial charge on any atom is -0.328 e. The molecule has 12 heavy (non-hydrogen) atoms. The summed E-state index contributed by atoms with van der Waals surface area (Å²) in [5.74, 6) is -0.0736. The number of hydroxylamine groups is 1. The van der Waals surface area contributed by atoms with Gasteiger partial charge in [-0.05, 0) is 12.8 Å². The number of carbonyl (C=O) groups excluding carboxylic acids is 1. The maximum absolute atomic E-state index is 11.0. The van der Waals surface area contributed by atoms with Crippen LogP contribution in [0.3, 0.4) is 0 Å². The summed E-state index contributed by atoms with van der Waals surface area (Å²) in [6.07, 6.45) is 1.92. The molecule has 1 heterocycles. The molecule has 5 heteroatoms. The first-order valence-electron chi connectivity index (χ1n) is 4.19. The van der Waals surface area contributed by atoms with E-state index >= 15 is 0 Å². The van der Waals surface area contributed by atoms with E-state index in [2.05, 4.69) is 10.8 Å². The number of carbonyl (C=O) groups is 1. The minimum absolute atomic E-state index is 0.0736. The third-order valence-electron chi connectivity index (χ3n) is 2.35. The van der Waals surface area contributed by atoms with E-state index < -0.39 is 0 Å². The lowest BCUT2D eigenvalue weighted by Crippen LogP contribution is -2.54. The third kappa shape index (κ3) is 1.43. The molecule has 2 fully saturated rings. The Labute approximate surface area is 70.6 Å². The van der Waals surface area contributed by atoms with Crippen molar-refractivity contribution in [1.29, 1.82) is 0 Å². The van der Waals surface area contributed by atoms with Gasteiger partial charge >= 0.3 is 0 Å². The number of nitrogens with one attached hydrogen (secondary N) is 2. The Morgan fingerprint density at radius 1 is 1.58 bits per heavy atom. The normalized spacial score (nSPS) is 40.8. The molecule has 0 bridgehead atoms. The fourth-order valence-electron chi connectivity index (χ4n) is 1.55. The average molecular weight is 171 g/mol. The van der Waals surface area contributed by atoms with Gasteiger partial charge in [-0.2, -0.15) is 0 Å². The zero-order chi connectivity index (χ0) is 8.55. The van der Waals surface area contributed by atoms with Crippen LogP contribution in [0, 0.1) is 0 Å². The van der Waals surface area contributed by atoms with Gasteiger partial charge in [-0.15, -0.1) is 0 Å². The standard InChI is InChI=1S/C7H13N3O2/c8-4-1-5(2-4)9-6-3-12-10-7(6)11/h4-6,9H,1-3,8H2,(H,10,11). The van der Waals surface area contributed by atoms with Gasteiger partial charge in [0.1, 0.15) is 6.04 Å². The SMILES string of the molecule is NC1CC(NC2CONC2=O)C1. The van der Waals surface area contributed by atoms with Crippen LogP contribution in [0.2, 0.25) is 0 Å². The van der Waals surface area contributed by atoms with E-state index in [1.54, 1.807) is 0 Å². The zero-order valence-corrected chi connectivity index (χ0v) is 6.75. The lowest BCUT2D eigenvalue weighted by atomic mass is 9.87. The largest absolute Gasteiger partial charge is 0.328 e. The fraction of sp³-hybridized carbons (Fsp3) is 0.857. The number of hydrogen-bond acceptors (Lipinski definition) is 4. The van der Waals surface area contributed by atoms with Crippen molar-refractivity contribution in [3.05, 3.63) is 0 Å². The highest BCUT2D eigenvalue weighted by Gasteiger charge is 2.32. The van der Waals surface area contributed by atoms with Crippen molar-refractivity contribution in [2.45, 2.75) is 31.0 Å². The summed E-state index contributed by atoms with van der Waals surface area (Å²) in [7, 11) is 0. The molecule has 68 valence electrons. The van der Waals surface area contributed by atoms with E-state index in [9.17, 15) is 4.79 Å². The van der Waals surface area contributed by atoms with Crippen LogP contribution in [-0.2, 0) is 9.63 Å². The van der Waals surface area contributed by atoms with Gasteiger partial charge in [0, 0.05) is 12.1 Å². The number of nitrogens with two attached hydrogens (primary N) is 1. The van der Waals surface area contributed by atoms with E-state index in [0.717, 1.165) is 12.8 Å². The van der Waals surface area contributed by atoms with Crippen molar-refractivity contribution in [2.24, 2.45) is 5.73 Å². The maximum Gasteiger partial charge on any atom is 0.263 e. The zero-order valence-electron chi connectivity index (χ0n) is 6.75. The Morgan fingerprint density at radius 3 is 2.83 bits per heavy atom. The average Bonchev–Trinajstić information content (AvgIpc) is 2.33. The van der Waals surface area contributed by atoms with Crippen molar-refractivity contribution in [3.63, 3.8) is 0 Å². The minimum atomic E-state index is -0.178. The predicted molar refractivity (Wildman–Crippen MR) is 42.0 cm³/mol. The molecule has 0 aromatic rings. The van der Waals surface area contributed by atoms with Crippen LogP contribution in [0.1, 0.15) is 12.8 Å². The number of hydrogen-bond donors (Lipinski definition) is 3. The molecule has 2 aliphatic rings. The summed E-state index contributed by atoms with van der Waals surface area (Å²) in [5, 5.41) is 3.18. The summed E-state index contributed by atoms with van der Waals surface area (Å²) in [6.45, 7) is 0.421. The Hall–Kier alpha value is -0.650. The molecule has 1 aliphatic carbocycles. The second kappa shape index (κ2) is 3.01. The fourth-order valence-corrected chi connectivity index (χ4v) is 1.55. The first-order valence-corrected chi connectivity index (χ1v) is 4.19. The number of amides is 1. The van der Waals surface area contributed by atoms with E-state index in [-0.39, 0.29) is 11.9 Å². The second-order valence-corrected chi connectivity index (χ2v) is 3.42. The van der Waals surface area contributed by atoms with Gasteiger partial charge in [0.05, 0.1) is 6.61 Å². The molecule has 0 radical (unpaired) electrons. The predicted octanol–water partition coefficient (Wildman–Crippen LogP) is -1.50. The van der Waals surface area contributed by atoms with Crippen molar-refractivity contribution in [1.82, 2.24) is 10.8 Å². The van der Waals surface area contributed by atoms with Crippen LogP contribution in [0.15, 0.2) is 0 Å². The molecule has 1 unspecified atom stereocenters. The van der Waals surface area contributed by atoms with Crippen molar-refractivity contribution >= 4 is 5.91 Å². The van der Waals surface area contributed by atoms with Gasteiger partial charge in [-0.3, -0.25) is 9.63 Å². The molecule has 1 aliphatic heterocycles. The Bertz CT molecular complexity index is 191. The van der Waals surface area contributed by atoms with Gasteiger partial charge < -0.3 is 11.1 Å². The molecule has 1 amide bonds. The van der Waals surface area contributed by atoms with Crippen molar-refractivity contribution in [3.8, 4) is 0 Å². The monoisotopic (exact) mass is 171 g/mol. The summed E-state index contributed by atoms with van der Waals surface area (Å²) >= 11 is 0. The first kappa shape index (κ1) is 7.97. The summed E-state index contributed by atoms with van der Waals surface area (Å²) < 4.78 is 0. The summed E-state index contributed by atoms with van der Waals surface area (Å²) in [4.78, 5) is 15.8. The van der Waals surface area contributed by atoms with Gasteiger partial charge in [-0.1, -0.05) is 0 Å². The Balaban J connectivity index is 1.76. The molecule has 1 saturated heterocycles. The highest BCUT2D eigenvalue weighted by atomic mass is 16.7. The molecule has 5 nitrogen and oxygen atoms in total. The van der Waals surface area contributed by atoms with E-state index in [1.165, 1.54) is 0 Å². The molecular formula is C7H13N3O2. The van der Waals surface area contributed by atoms with Crippen molar-refractivity contribution in [2.75, 3.05) is 6.61 Å². The highest BCUT2D eigenvalue weighted by Crippen LogP contribution is 2.18. The smallest absolute Gasteiger partial charge is 0.263 e. The lowest BCUT2D eigenvalue weighted by molar-refractivity contribution is -0.125. The van der Waals surface area contributed by atoms with Crippen LogP contribution in [0.4, 0.5) is 0 Å². The van der Waals surface area contributed by atoms with Gasteiger partial charge in [-0.25, -0.2) is 5.48 Å². The third-order valence-corrected chi connectivity index (χ3v) is 2.35. The molecule has 0 spiro atoms. The van der Waals surface area contributed by atoms with Gasteiger partial charge in [0.2, 0.25) is 0 Å². The van der Waals surface area contributed by atoms with Gasteiger partial charge in [0.15, 0.2) is 0 Å². The van der Waals surface area contributed by atoms with Crippen LogP contribution in [0.5, 0.6) is 0 Å². The van der Waals surface area contributed by atoms with Crippen LogP contribution >= 0.6 is 0 Å². The Kier molecular flexibility index (Phi) is 2.00.